The zero-order valence-electron chi connectivity index (χ0n) is 16.8. The lowest BCUT2D eigenvalue weighted by atomic mass is 9.95. The van der Waals surface area contributed by atoms with Crippen molar-refractivity contribution in [1.29, 1.82) is 0 Å². The number of amides is 2. The molecular formula is C23H24BrN3O3. The summed E-state index contributed by atoms with van der Waals surface area (Å²) in [5.74, 6) is -0.786. The smallest absolute Gasteiger partial charge is 0.260 e. The van der Waals surface area contributed by atoms with Gasteiger partial charge in [0.15, 0.2) is 0 Å². The van der Waals surface area contributed by atoms with E-state index < -0.39 is 5.91 Å². The SMILES string of the molecule is COC[C@@H]1CCCN1Cc1ccc(N/C=C2\C(=O)NC(=O)c3ccc(Br)cc32)cc1. The number of benzene rings is 2. The highest BCUT2D eigenvalue weighted by atomic mass is 79.9. The highest BCUT2D eigenvalue weighted by Crippen LogP contribution is 2.27. The second-order valence-electron chi connectivity index (χ2n) is 7.59. The number of carbonyl (C=O) groups is 2. The van der Waals surface area contributed by atoms with Gasteiger partial charge >= 0.3 is 0 Å². The second kappa shape index (κ2) is 9.12. The Morgan fingerprint density at radius 1 is 1.17 bits per heavy atom. The van der Waals surface area contributed by atoms with E-state index in [2.05, 4.69) is 43.6 Å². The normalized spacial score (nSPS) is 20.3. The number of rotatable bonds is 6. The van der Waals surface area contributed by atoms with Gasteiger partial charge in [-0.2, -0.15) is 0 Å². The first kappa shape index (κ1) is 20.8. The van der Waals surface area contributed by atoms with E-state index in [1.165, 1.54) is 18.4 Å². The molecule has 0 radical (unpaired) electrons. The fraction of sp³-hybridized carbons (Fsp3) is 0.304. The van der Waals surface area contributed by atoms with Crippen LogP contribution in [0.25, 0.3) is 5.57 Å². The van der Waals surface area contributed by atoms with Gasteiger partial charge in [0.2, 0.25) is 0 Å². The number of carbonyl (C=O) groups excluding carboxylic acids is 2. The van der Waals surface area contributed by atoms with Gasteiger partial charge in [-0.1, -0.05) is 28.1 Å². The minimum atomic E-state index is -0.409. The van der Waals surface area contributed by atoms with Crippen LogP contribution in [0.15, 0.2) is 53.1 Å². The molecule has 6 nitrogen and oxygen atoms in total. The maximum absolute atomic E-state index is 12.4. The predicted octanol–water partition coefficient (Wildman–Crippen LogP) is 3.78. The van der Waals surface area contributed by atoms with Crippen molar-refractivity contribution < 1.29 is 14.3 Å². The van der Waals surface area contributed by atoms with Crippen LogP contribution in [0.3, 0.4) is 0 Å². The summed E-state index contributed by atoms with van der Waals surface area (Å²) >= 11 is 3.41. The van der Waals surface area contributed by atoms with Crippen LogP contribution in [-0.2, 0) is 16.1 Å². The molecule has 0 saturated carbocycles. The molecule has 4 rings (SSSR count). The lowest BCUT2D eigenvalue weighted by Crippen LogP contribution is -2.36. The molecule has 0 unspecified atom stereocenters. The van der Waals surface area contributed by atoms with Crippen LogP contribution in [0.2, 0.25) is 0 Å². The van der Waals surface area contributed by atoms with E-state index in [4.69, 9.17) is 4.74 Å². The Kier molecular flexibility index (Phi) is 6.32. The van der Waals surface area contributed by atoms with Gasteiger partial charge in [0.25, 0.3) is 11.8 Å². The summed E-state index contributed by atoms with van der Waals surface area (Å²) in [6.45, 7) is 2.78. The van der Waals surface area contributed by atoms with Gasteiger partial charge < -0.3 is 10.1 Å². The summed E-state index contributed by atoms with van der Waals surface area (Å²) in [5, 5.41) is 5.57. The highest BCUT2D eigenvalue weighted by molar-refractivity contribution is 9.10. The van der Waals surface area contributed by atoms with E-state index in [1.54, 1.807) is 31.5 Å². The third kappa shape index (κ3) is 4.48. The van der Waals surface area contributed by atoms with Crippen LogP contribution in [0.5, 0.6) is 0 Å². The maximum atomic E-state index is 12.4. The van der Waals surface area contributed by atoms with E-state index in [0.29, 0.717) is 22.7 Å². The number of halogens is 1. The average Bonchev–Trinajstić information content (AvgIpc) is 3.16. The van der Waals surface area contributed by atoms with Gasteiger partial charge in [0, 0.05) is 47.2 Å². The molecule has 30 heavy (non-hydrogen) atoms. The molecular weight excluding hydrogens is 446 g/mol. The van der Waals surface area contributed by atoms with Crippen molar-refractivity contribution in [3.8, 4) is 0 Å². The Morgan fingerprint density at radius 3 is 2.73 bits per heavy atom. The van der Waals surface area contributed by atoms with E-state index in [0.717, 1.165) is 29.9 Å². The first-order valence-corrected chi connectivity index (χ1v) is 10.8. The van der Waals surface area contributed by atoms with Crippen LogP contribution < -0.4 is 10.6 Å². The molecule has 0 spiro atoms. The quantitative estimate of drug-likeness (QED) is 0.497. The summed E-state index contributed by atoms with van der Waals surface area (Å²) in [7, 11) is 1.76. The molecule has 2 amide bonds. The van der Waals surface area contributed by atoms with E-state index >= 15 is 0 Å². The van der Waals surface area contributed by atoms with Crippen molar-refractivity contribution >= 4 is 39.0 Å². The summed E-state index contributed by atoms with van der Waals surface area (Å²) in [6, 6.07) is 14.0. The summed E-state index contributed by atoms with van der Waals surface area (Å²) in [5.41, 5.74) is 3.64. The molecule has 0 bridgehead atoms. The Morgan fingerprint density at radius 2 is 1.97 bits per heavy atom. The van der Waals surface area contributed by atoms with Crippen LogP contribution in [0.1, 0.15) is 34.3 Å². The molecule has 2 heterocycles. The molecule has 0 aliphatic carbocycles. The summed E-state index contributed by atoms with van der Waals surface area (Å²) in [6.07, 6.45) is 4.05. The van der Waals surface area contributed by atoms with Gasteiger partial charge in [-0.3, -0.25) is 19.8 Å². The number of hydrogen-bond donors (Lipinski definition) is 2. The van der Waals surface area contributed by atoms with Crippen molar-refractivity contribution in [2.24, 2.45) is 0 Å². The van der Waals surface area contributed by atoms with E-state index in [9.17, 15) is 9.59 Å². The first-order valence-electron chi connectivity index (χ1n) is 9.99. The van der Waals surface area contributed by atoms with Crippen molar-refractivity contribution in [3.63, 3.8) is 0 Å². The van der Waals surface area contributed by atoms with Gasteiger partial charge in [0.05, 0.1) is 12.2 Å². The largest absolute Gasteiger partial charge is 0.383 e. The number of imide groups is 1. The Hall–Kier alpha value is -2.48. The zero-order chi connectivity index (χ0) is 21.1. The summed E-state index contributed by atoms with van der Waals surface area (Å²) < 4.78 is 6.15. The molecule has 2 aromatic rings. The van der Waals surface area contributed by atoms with Crippen LogP contribution in [-0.4, -0.2) is 43.0 Å². The minimum Gasteiger partial charge on any atom is -0.383 e. The number of anilines is 1. The zero-order valence-corrected chi connectivity index (χ0v) is 18.4. The maximum Gasteiger partial charge on any atom is 0.260 e. The average molecular weight is 470 g/mol. The first-order chi connectivity index (χ1) is 14.5. The van der Waals surface area contributed by atoms with Crippen LogP contribution >= 0.6 is 15.9 Å². The summed E-state index contributed by atoms with van der Waals surface area (Å²) in [4.78, 5) is 26.9. The second-order valence-corrected chi connectivity index (χ2v) is 8.51. The highest BCUT2D eigenvalue weighted by Gasteiger charge is 2.27. The third-order valence-corrected chi connectivity index (χ3v) is 6.06. The Bertz CT molecular complexity index is 988. The van der Waals surface area contributed by atoms with Crippen LogP contribution in [0, 0.1) is 0 Å². The van der Waals surface area contributed by atoms with Crippen molar-refractivity contribution in [2.75, 3.05) is 25.6 Å². The number of fused-ring (bicyclic) bond motifs is 1. The third-order valence-electron chi connectivity index (χ3n) is 5.57. The lowest BCUT2D eigenvalue weighted by Gasteiger charge is -2.23. The van der Waals surface area contributed by atoms with Gasteiger partial charge in [0.1, 0.15) is 0 Å². The molecule has 2 N–H and O–H groups in total. The van der Waals surface area contributed by atoms with Crippen LogP contribution in [0.4, 0.5) is 5.69 Å². The van der Waals surface area contributed by atoms with Gasteiger partial charge in [-0.05, 0) is 55.3 Å². The molecule has 0 aromatic heterocycles. The van der Waals surface area contributed by atoms with Crippen molar-refractivity contribution in [3.05, 3.63) is 69.8 Å². The van der Waals surface area contributed by atoms with Gasteiger partial charge in [-0.25, -0.2) is 0 Å². The monoisotopic (exact) mass is 469 g/mol. The molecule has 2 aromatic carbocycles. The number of hydrogen-bond acceptors (Lipinski definition) is 5. The lowest BCUT2D eigenvalue weighted by molar-refractivity contribution is -0.114. The number of methoxy groups -OCH3 is 1. The molecule has 1 saturated heterocycles. The fourth-order valence-corrected chi connectivity index (χ4v) is 4.38. The van der Waals surface area contributed by atoms with Crippen molar-refractivity contribution in [2.45, 2.75) is 25.4 Å². The molecule has 1 fully saturated rings. The standard InChI is InChI=1S/C23H24BrN3O3/c1-30-14-18-3-2-10-27(18)13-15-4-7-17(8-5-15)25-12-21-20-11-16(24)6-9-19(20)22(28)26-23(21)29/h4-9,11-12,18,25H,2-3,10,13-14H2,1H3,(H,26,28,29)/b21-12-/t18-/m0/s1. The Balaban J connectivity index is 1.47. The molecule has 7 heteroatoms. The topological polar surface area (TPSA) is 70.7 Å². The number of nitrogens with one attached hydrogen (secondary N) is 2. The molecule has 1 atom stereocenters. The fourth-order valence-electron chi connectivity index (χ4n) is 4.02. The van der Waals surface area contributed by atoms with E-state index in [1.807, 2.05) is 12.1 Å². The Labute approximate surface area is 184 Å². The minimum absolute atomic E-state index is 0.377. The van der Waals surface area contributed by atoms with Crippen molar-refractivity contribution in [1.82, 2.24) is 10.2 Å². The van der Waals surface area contributed by atoms with Gasteiger partial charge in [-0.15, -0.1) is 0 Å². The molecule has 156 valence electrons. The number of likely N-dealkylation sites (tertiary alicyclic amines) is 1. The molecule has 2 aliphatic rings. The number of ether oxygens (including phenoxy) is 1. The number of nitrogens with zero attached hydrogens (tertiary/aromatic N) is 1. The predicted molar refractivity (Wildman–Crippen MR) is 120 cm³/mol. The molecule has 2 aliphatic heterocycles. The van der Waals surface area contributed by atoms with E-state index in [-0.39, 0.29) is 5.91 Å².